The predicted octanol–water partition coefficient (Wildman–Crippen LogP) is 9.57. The second-order valence-corrected chi connectivity index (χ2v) is 20.8. The lowest BCUT2D eigenvalue weighted by Crippen LogP contribution is -2.25. The van der Waals surface area contributed by atoms with Gasteiger partial charge in [-0.25, -0.2) is 28.1 Å². The van der Waals surface area contributed by atoms with E-state index in [1.807, 2.05) is 72.8 Å². The van der Waals surface area contributed by atoms with E-state index in [0.29, 0.717) is 33.8 Å². The molecule has 0 amide bonds. The van der Waals surface area contributed by atoms with Gasteiger partial charge in [0, 0.05) is 31.8 Å². The standard InChI is InChI=1S/C42H24N9P3/c1-46-34-10-22-40(23-11-34)53(39-20-8-33(30-45)9-21-39)49-52(37-16-4-31(28-43)5-17-37,38-18-6-32(29-44)7-19-38)50-54(51-53,41-24-12-35(47-2)13-25-41)42-26-14-36(48-3)15-27-42/h4-27H. The topological polar surface area (TPSA) is 122 Å². The van der Waals surface area contributed by atoms with Gasteiger partial charge in [-0.3, -0.25) is 0 Å². The molecule has 0 fully saturated rings. The lowest BCUT2D eigenvalue weighted by Gasteiger charge is -2.38. The van der Waals surface area contributed by atoms with E-state index in [1.165, 1.54) is 0 Å². The van der Waals surface area contributed by atoms with Crippen molar-refractivity contribution >= 4 is 70.5 Å². The Morgan fingerprint density at radius 1 is 0.333 bits per heavy atom. The van der Waals surface area contributed by atoms with Crippen LogP contribution >= 0.6 is 21.6 Å². The molecule has 0 bridgehead atoms. The van der Waals surface area contributed by atoms with Gasteiger partial charge in [0.25, 0.3) is 0 Å². The zero-order chi connectivity index (χ0) is 37.8. The first-order chi connectivity index (χ1) is 26.3. The number of rotatable bonds is 6. The van der Waals surface area contributed by atoms with Crippen molar-refractivity contribution in [2.45, 2.75) is 0 Å². The number of benzene rings is 6. The van der Waals surface area contributed by atoms with Crippen molar-refractivity contribution < 1.29 is 0 Å². The average molecular weight is 748 g/mol. The van der Waals surface area contributed by atoms with Gasteiger partial charge in [0.05, 0.1) is 54.6 Å². The van der Waals surface area contributed by atoms with Crippen LogP contribution in [0.5, 0.6) is 0 Å². The number of hydrogen-bond donors (Lipinski definition) is 0. The minimum absolute atomic E-state index is 0.448. The Morgan fingerprint density at radius 2 is 0.519 bits per heavy atom. The molecule has 0 saturated carbocycles. The molecule has 6 aromatic rings. The van der Waals surface area contributed by atoms with Crippen LogP contribution in [0, 0.1) is 53.7 Å². The minimum Gasteiger partial charge on any atom is -0.238 e. The summed E-state index contributed by atoms with van der Waals surface area (Å²) in [6.07, 6.45) is 0. The Morgan fingerprint density at radius 3 is 0.685 bits per heavy atom. The van der Waals surface area contributed by atoms with E-state index < -0.39 is 21.6 Å². The molecule has 0 N–H and O–H groups in total. The second-order valence-electron chi connectivity index (χ2n) is 11.9. The van der Waals surface area contributed by atoms with Gasteiger partial charge in [-0.2, -0.15) is 15.8 Å². The molecule has 252 valence electrons. The van der Waals surface area contributed by atoms with Crippen LogP contribution in [0.2, 0.25) is 0 Å². The molecule has 1 aliphatic heterocycles. The molecule has 0 aromatic heterocycles. The highest BCUT2D eigenvalue weighted by Crippen LogP contribution is 2.76. The zero-order valence-electron chi connectivity index (χ0n) is 28.2. The summed E-state index contributed by atoms with van der Waals surface area (Å²) in [5, 5.41) is 34.0. The van der Waals surface area contributed by atoms with Gasteiger partial charge < -0.3 is 0 Å². The van der Waals surface area contributed by atoms with Crippen LogP contribution in [-0.4, -0.2) is 0 Å². The Balaban J connectivity index is 1.80. The second kappa shape index (κ2) is 14.5. The summed E-state index contributed by atoms with van der Waals surface area (Å²) in [7, 11) is -10.0. The molecule has 6 aromatic carbocycles. The third-order valence-electron chi connectivity index (χ3n) is 8.86. The van der Waals surface area contributed by atoms with E-state index in [0.717, 1.165) is 31.8 Å². The summed E-state index contributed by atoms with van der Waals surface area (Å²) >= 11 is 0. The fourth-order valence-corrected chi connectivity index (χ4v) is 21.3. The summed E-state index contributed by atoms with van der Waals surface area (Å²) in [6, 6.07) is 50.3. The van der Waals surface area contributed by atoms with Crippen molar-refractivity contribution in [1.29, 1.82) is 15.8 Å². The van der Waals surface area contributed by atoms with Crippen LogP contribution in [0.15, 0.2) is 159 Å². The normalized spacial score (nSPS) is 16.1. The van der Waals surface area contributed by atoms with Gasteiger partial charge in [0.15, 0.2) is 17.1 Å². The molecule has 9 nitrogen and oxygen atoms in total. The molecule has 1 unspecified atom stereocenters. The quantitative estimate of drug-likeness (QED) is 0.125. The van der Waals surface area contributed by atoms with E-state index in [2.05, 4.69) is 32.7 Å². The van der Waals surface area contributed by atoms with Crippen molar-refractivity contribution in [2.75, 3.05) is 0 Å². The highest BCUT2D eigenvalue weighted by molar-refractivity contribution is 8.00. The summed E-state index contributed by atoms with van der Waals surface area (Å²) < 4.78 is 17.9. The molecule has 0 spiro atoms. The molecule has 1 aliphatic rings. The Labute approximate surface area is 313 Å². The first-order valence-corrected chi connectivity index (χ1v) is 21.3. The third kappa shape index (κ3) is 6.14. The fraction of sp³-hybridized carbons (Fsp3) is 0. The van der Waals surface area contributed by atoms with Gasteiger partial charge >= 0.3 is 0 Å². The van der Waals surface area contributed by atoms with E-state index in [1.54, 1.807) is 72.8 Å². The van der Waals surface area contributed by atoms with Crippen LogP contribution < -0.4 is 31.8 Å². The van der Waals surface area contributed by atoms with E-state index in [4.69, 9.17) is 33.3 Å². The molecule has 1 atom stereocenters. The van der Waals surface area contributed by atoms with Crippen LogP contribution in [0.25, 0.3) is 14.5 Å². The molecule has 0 radical (unpaired) electrons. The maximum absolute atomic E-state index is 9.80. The summed E-state index contributed by atoms with van der Waals surface area (Å²) in [5.74, 6) is 0. The lowest BCUT2D eigenvalue weighted by atomic mass is 10.2. The monoisotopic (exact) mass is 747 g/mol. The molecule has 54 heavy (non-hydrogen) atoms. The first-order valence-electron chi connectivity index (χ1n) is 16.2. The summed E-state index contributed by atoms with van der Waals surface area (Å²) in [4.78, 5) is 10.9. The van der Waals surface area contributed by atoms with Crippen LogP contribution in [-0.2, 0) is 0 Å². The molecular formula is C42H24N9P3. The smallest absolute Gasteiger partial charge is 0.187 e. The highest BCUT2D eigenvalue weighted by atomic mass is 31.3. The first kappa shape index (κ1) is 35.4. The maximum Gasteiger partial charge on any atom is 0.187 e. The van der Waals surface area contributed by atoms with Gasteiger partial charge in [-0.1, -0.05) is 72.8 Å². The van der Waals surface area contributed by atoms with Crippen molar-refractivity contribution in [3.8, 4) is 18.2 Å². The molecule has 1 heterocycles. The molecule has 0 saturated heterocycles. The summed E-state index contributed by atoms with van der Waals surface area (Å²) in [5.41, 5.74) is 2.74. The number of nitriles is 3. The van der Waals surface area contributed by atoms with Crippen LogP contribution in [0.4, 0.5) is 17.1 Å². The van der Waals surface area contributed by atoms with Gasteiger partial charge in [-0.05, 0) is 72.8 Å². The predicted molar refractivity (Wildman–Crippen MR) is 217 cm³/mol. The third-order valence-corrected chi connectivity index (χ3v) is 21.2. The van der Waals surface area contributed by atoms with Crippen LogP contribution in [0.1, 0.15) is 16.7 Å². The van der Waals surface area contributed by atoms with E-state index >= 15 is 0 Å². The highest BCUT2D eigenvalue weighted by Gasteiger charge is 2.42. The van der Waals surface area contributed by atoms with E-state index in [-0.39, 0.29) is 0 Å². The van der Waals surface area contributed by atoms with Crippen LogP contribution in [0.3, 0.4) is 0 Å². The Hall–Kier alpha value is -7.05. The fourth-order valence-electron chi connectivity index (χ4n) is 6.12. The minimum atomic E-state index is -3.35. The number of hydrogen-bond acceptors (Lipinski definition) is 6. The zero-order valence-corrected chi connectivity index (χ0v) is 30.9. The Kier molecular flexibility index (Phi) is 9.51. The van der Waals surface area contributed by atoms with Crippen molar-refractivity contribution in [3.05, 3.63) is 197 Å². The number of nitrogens with zero attached hydrogens (tertiary/aromatic N) is 9. The van der Waals surface area contributed by atoms with Gasteiger partial charge in [0.1, 0.15) is 21.6 Å². The van der Waals surface area contributed by atoms with Gasteiger partial charge in [0.2, 0.25) is 0 Å². The maximum atomic E-state index is 9.80. The largest absolute Gasteiger partial charge is 0.238 e. The lowest BCUT2D eigenvalue weighted by molar-refractivity contribution is 1.49. The molecule has 12 heteroatoms. The molecular weight excluding hydrogens is 723 g/mol. The van der Waals surface area contributed by atoms with Crippen molar-refractivity contribution in [1.82, 2.24) is 0 Å². The average Bonchev–Trinajstić information content (AvgIpc) is 3.26. The van der Waals surface area contributed by atoms with Crippen molar-refractivity contribution in [3.63, 3.8) is 0 Å². The Bertz CT molecular complexity index is 2350. The van der Waals surface area contributed by atoms with Gasteiger partial charge in [-0.15, -0.1) is 0 Å². The van der Waals surface area contributed by atoms with Crippen molar-refractivity contribution in [2.24, 2.45) is 13.5 Å². The van der Waals surface area contributed by atoms with E-state index in [9.17, 15) is 15.8 Å². The molecule has 0 aliphatic carbocycles. The molecule has 7 rings (SSSR count). The SMILES string of the molecule is [C-]#[N+]c1ccc(P2(c3ccc(C#N)cc3)=NP(c3ccc(C#N)cc3)(c3ccc(C#N)cc3)=NP(c3ccc([N+]#[C-])cc3)(c3ccc([N+]#[C-])cc3)=N2)cc1. The summed E-state index contributed by atoms with van der Waals surface area (Å²) in [6.45, 7) is 23.1.